The van der Waals surface area contributed by atoms with E-state index in [4.69, 9.17) is 0 Å². The van der Waals surface area contributed by atoms with Crippen molar-refractivity contribution in [2.75, 3.05) is 12.8 Å². The van der Waals surface area contributed by atoms with Crippen molar-refractivity contribution in [3.05, 3.63) is 66.0 Å². The number of carbonyl (C=O) groups is 1. The topological polar surface area (TPSA) is 79.4 Å². The minimum Gasteiger partial charge on any atom is -0.350 e. The van der Waals surface area contributed by atoms with Crippen LogP contribution < -0.4 is 5.32 Å². The molecule has 0 aliphatic rings. The van der Waals surface area contributed by atoms with E-state index in [2.05, 4.69) is 10.3 Å². The van der Waals surface area contributed by atoms with E-state index in [-0.39, 0.29) is 25.4 Å². The molecule has 128 valence electrons. The molecular formula is C17H21N3O3S. The molecule has 24 heavy (non-hydrogen) atoms. The van der Waals surface area contributed by atoms with Crippen LogP contribution in [0.5, 0.6) is 0 Å². The number of aromatic nitrogens is 1. The Morgan fingerprint density at radius 3 is 2.46 bits per heavy atom. The van der Waals surface area contributed by atoms with Gasteiger partial charge in [-0.25, -0.2) is 8.42 Å². The molecule has 0 atom stereocenters. The Morgan fingerprint density at radius 1 is 1.12 bits per heavy atom. The number of nitrogens with zero attached hydrogens (tertiary/aromatic N) is 2. The van der Waals surface area contributed by atoms with Gasteiger partial charge in [0.05, 0.1) is 18.5 Å². The molecule has 0 aliphatic carbocycles. The average Bonchev–Trinajstić information content (AvgIpc) is 2.57. The van der Waals surface area contributed by atoms with Crippen LogP contribution in [0.4, 0.5) is 0 Å². The molecule has 0 spiro atoms. The van der Waals surface area contributed by atoms with E-state index in [1.165, 1.54) is 4.31 Å². The number of hydrogen-bond acceptors (Lipinski definition) is 4. The van der Waals surface area contributed by atoms with Crippen LogP contribution in [-0.2, 0) is 27.9 Å². The third kappa shape index (κ3) is 6.10. The number of amides is 1. The summed E-state index contributed by atoms with van der Waals surface area (Å²) in [6, 6.07) is 14.8. The number of rotatable bonds is 8. The maximum Gasteiger partial charge on any atom is 0.221 e. The summed E-state index contributed by atoms with van der Waals surface area (Å²) in [4.78, 5) is 16.1. The first-order valence-corrected chi connectivity index (χ1v) is 9.45. The van der Waals surface area contributed by atoms with E-state index in [9.17, 15) is 13.2 Å². The van der Waals surface area contributed by atoms with Crippen LogP contribution in [-0.4, -0.2) is 36.4 Å². The molecule has 6 nitrogen and oxygen atoms in total. The zero-order chi connectivity index (χ0) is 17.4. The number of pyridine rings is 1. The van der Waals surface area contributed by atoms with Gasteiger partial charge in [-0.3, -0.25) is 9.78 Å². The molecule has 0 radical (unpaired) electrons. The maximum atomic E-state index is 11.9. The highest BCUT2D eigenvalue weighted by molar-refractivity contribution is 7.88. The molecule has 0 bridgehead atoms. The number of carbonyl (C=O) groups excluding carboxylic acids is 1. The van der Waals surface area contributed by atoms with Crippen molar-refractivity contribution in [2.24, 2.45) is 0 Å². The smallest absolute Gasteiger partial charge is 0.221 e. The highest BCUT2D eigenvalue weighted by atomic mass is 32.2. The van der Waals surface area contributed by atoms with Crippen molar-refractivity contribution in [1.82, 2.24) is 14.6 Å². The van der Waals surface area contributed by atoms with Crippen LogP contribution in [0.3, 0.4) is 0 Å². The molecular weight excluding hydrogens is 326 g/mol. The second-order valence-electron chi connectivity index (χ2n) is 5.43. The Labute approximate surface area is 142 Å². The van der Waals surface area contributed by atoms with Gasteiger partial charge in [0.15, 0.2) is 0 Å². The quantitative estimate of drug-likeness (QED) is 0.786. The lowest BCUT2D eigenvalue weighted by Gasteiger charge is -2.19. The molecule has 0 saturated heterocycles. The predicted molar refractivity (Wildman–Crippen MR) is 92.4 cm³/mol. The fourth-order valence-electron chi connectivity index (χ4n) is 2.16. The first kappa shape index (κ1) is 18.1. The lowest BCUT2D eigenvalue weighted by atomic mass is 10.2. The Kier molecular flexibility index (Phi) is 6.45. The predicted octanol–water partition coefficient (Wildman–Crippen LogP) is 1.55. The first-order valence-electron chi connectivity index (χ1n) is 7.61. The number of benzene rings is 1. The SMILES string of the molecule is CS(=O)(=O)N(CCC(=O)NCc1ccccn1)Cc1ccccc1. The lowest BCUT2D eigenvalue weighted by molar-refractivity contribution is -0.121. The molecule has 1 amide bonds. The second kappa shape index (κ2) is 8.56. The third-order valence-corrected chi connectivity index (χ3v) is 4.70. The van der Waals surface area contributed by atoms with Gasteiger partial charge in [0.2, 0.25) is 15.9 Å². The summed E-state index contributed by atoms with van der Waals surface area (Å²) in [5.74, 6) is -0.206. The van der Waals surface area contributed by atoms with Gasteiger partial charge in [-0.15, -0.1) is 0 Å². The molecule has 0 saturated carbocycles. The molecule has 7 heteroatoms. The molecule has 1 aromatic carbocycles. The fourth-order valence-corrected chi connectivity index (χ4v) is 2.96. The van der Waals surface area contributed by atoms with Gasteiger partial charge < -0.3 is 5.32 Å². The number of hydrogen-bond donors (Lipinski definition) is 1. The number of nitrogens with one attached hydrogen (secondary N) is 1. The summed E-state index contributed by atoms with van der Waals surface area (Å²) in [5.41, 5.74) is 1.65. The summed E-state index contributed by atoms with van der Waals surface area (Å²) in [7, 11) is -3.38. The van der Waals surface area contributed by atoms with Crippen molar-refractivity contribution in [1.29, 1.82) is 0 Å². The zero-order valence-electron chi connectivity index (χ0n) is 13.6. The fraction of sp³-hybridized carbons (Fsp3) is 0.294. The monoisotopic (exact) mass is 347 g/mol. The normalized spacial score (nSPS) is 11.4. The molecule has 2 aromatic rings. The van der Waals surface area contributed by atoms with Crippen LogP contribution in [0.1, 0.15) is 17.7 Å². The standard InChI is InChI=1S/C17H21N3O3S/c1-24(22,23)20(14-15-7-3-2-4-8-15)12-10-17(21)19-13-16-9-5-6-11-18-16/h2-9,11H,10,12-14H2,1H3,(H,19,21). The van der Waals surface area contributed by atoms with Gasteiger partial charge >= 0.3 is 0 Å². The zero-order valence-corrected chi connectivity index (χ0v) is 14.4. The van der Waals surface area contributed by atoms with Crippen LogP contribution >= 0.6 is 0 Å². The molecule has 0 aliphatic heterocycles. The van der Waals surface area contributed by atoms with E-state index in [0.29, 0.717) is 6.54 Å². The van der Waals surface area contributed by atoms with Gasteiger partial charge in [-0.05, 0) is 17.7 Å². The first-order chi connectivity index (χ1) is 11.4. The number of sulfonamides is 1. The summed E-state index contributed by atoms with van der Waals surface area (Å²) < 4.78 is 25.1. The minimum absolute atomic E-state index is 0.104. The van der Waals surface area contributed by atoms with Gasteiger partial charge in [-0.2, -0.15) is 4.31 Å². The van der Waals surface area contributed by atoms with Crippen LogP contribution in [0.15, 0.2) is 54.7 Å². The summed E-state index contributed by atoms with van der Waals surface area (Å²) in [6.45, 7) is 0.728. The summed E-state index contributed by atoms with van der Waals surface area (Å²) in [6.07, 6.45) is 2.92. The maximum absolute atomic E-state index is 11.9. The van der Waals surface area contributed by atoms with Crippen molar-refractivity contribution >= 4 is 15.9 Å². The second-order valence-corrected chi connectivity index (χ2v) is 7.41. The van der Waals surface area contributed by atoms with E-state index in [1.807, 2.05) is 42.5 Å². The Bertz CT molecular complexity index is 749. The van der Waals surface area contributed by atoms with Gasteiger partial charge in [-0.1, -0.05) is 36.4 Å². The minimum atomic E-state index is -3.38. The molecule has 1 N–H and O–H groups in total. The Morgan fingerprint density at radius 2 is 1.83 bits per heavy atom. The van der Waals surface area contributed by atoms with Crippen LogP contribution in [0.25, 0.3) is 0 Å². The molecule has 0 fully saturated rings. The third-order valence-electron chi connectivity index (χ3n) is 3.45. The summed E-state index contributed by atoms with van der Waals surface area (Å²) >= 11 is 0. The lowest BCUT2D eigenvalue weighted by Crippen LogP contribution is -2.34. The highest BCUT2D eigenvalue weighted by Crippen LogP contribution is 2.09. The van der Waals surface area contributed by atoms with E-state index < -0.39 is 10.0 Å². The van der Waals surface area contributed by atoms with Crippen molar-refractivity contribution in [3.63, 3.8) is 0 Å². The largest absolute Gasteiger partial charge is 0.350 e. The summed E-state index contributed by atoms with van der Waals surface area (Å²) in [5, 5.41) is 2.75. The van der Waals surface area contributed by atoms with E-state index >= 15 is 0 Å². The molecule has 1 aromatic heterocycles. The molecule has 2 rings (SSSR count). The van der Waals surface area contributed by atoms with Crippen LogP contribution in [0, 0.1) is 0 Å². The van der Waals surface area contributed by atoms with E-state index in [0.717, 1.165) is 17.5 Å². The van der Waals surface area contributed by atoms with Crippen molar-refractivity contribution < 1.29 is 13.2 Å². The molecule has 0 unspecified atom stereocenters. The highest BCUT2D eigenvalue weighted by Gasteiger charge is 2.18. The Balaban J connectivity index is 1.87. The van der Waals surface area contributed by atoms with Crippen LogP contribution in [0.2, 0.25) is 0 Å². The Hall–Kier alpha value is -2.25. The average molecular weight is 347 g/mol. The van der Waals surface area contributed by atoms with Gasteiger partial charge in [0, 0.05) is 25.7 Å². The van der Waals surface area contributed by atoms with Gasteiger partial charge in [0.1, 0.15) is 0 Å². The van der Waals surface area contributed by atoms with Gasteiger partial charge in [0.25, 0.3) is 0 Å². The molecule has 1 heterocycles. The van der Waals surface area contributed by atoms with E-state index in [1.54, 1.807) is 12.3 Å². The van der Waals surface area contributed by atoms with Crippen molar-refractivity contribution in [2.45, 2.75) is 19.5 Å². The van der Waals surface area contributed by atoms with Crippen molar-refractivity contribution in [3.8, 4) is 0 Å².